The Bertz CT molecular complexity index is 735. The van der Waals surface area contributed by atoms with Crippen molar-refractivity contribution in [2.24, 2.45) is 11.8 Å². The molecular formula is C23H36N4O6. The summed E-state index contributed by atoms with van der Waals surface area (Å²) >= 11 is 0. The molecule has 1 saturated carbocycles. The van der Waals surface area contributed by atoms with Crippen molar-refractivity contribution in [3.63, 3.8) is 0 Å². The van der Waals surface area contributed by atoms with Crippen LogP contribution >= 0.6 is 0 Å². The molecule has 33 heavy (non-hydrogen) atoms. The maximum atomic E-state index is 11.4. The smallest absolute Gasteiger partial charge is 0.290 e. The highest BCUT2D eigenvalue weighted by molar-refractivity contribution is 5.73. The zero-order chi connectivity index (χ0) is 24.2. The number of carboxylic acid groups (broad SMARTS) is 2. The van der Waals surface area contributed by atoms with Crippen LogP contribution in [0.15, 0.2) is 18.3 Å². The second-order valence-corrected chi connectivity index (χ2v) is 8.84. The molecule has 4 N–H and O–H groups in total. The van der Waals surface area contributed by atoms with Gasteiger partial charge in [0.25, 0.3) is 12.9 Å². The highest BCUT2D eigenvalue weighted by Gasteiger charge is 2.42. The quantitative estimate of drug-likeness (QED) is 0.483. The van der Waals surface area contributed by atoms with Gasteiger partial charge in [0.05, 0.1) is 12.1 Å². The molecule has 10 nitrogen and oxygen atoms in total. The number of anilines is 1. The molecule has 0 spiro atoms. The van der Waals surface area contributed by atoms with Crippen LogP contribution in [0.25, 0.3) is 0 Å². The maximum absolute atomic E-state index is 11.4. The first-order chi connectivity index (χ1) is 15.9. The molecule has 184 valence electrons. The fourth-order valence-electron chi connectivity index (χ4n) is 5.11. The summed E-state index contributed by atoms with van der Waals surface area (Å²) in [4.78, 5) is 37.7. The number of fused-ring (bicyclic) bond motifs is 1. The van der Waals surface area contributed by atoms with E-state index in [1.54, 1.807) is 0 Å². The minimum atomic E-state index is -0.435. The first-order valence-corrected chi connectivity index (χ1v) is 11.4. The van der Waals surface area contributed by atoms with Crippen molar-refractivity contribution in [2.45, 2.75) is 57.7 Å². The van der Waals surface area contributed by atoms with E-state index in [0.717, 1.165) is 38.3 Å². The summed E-state index contributed by atoms with van der Waals surface area (Å²) in [5, 5.41) is 27.1. The summed E-state index contributed by atoms with van der Waals surface area (Å²) in [7, 11) is 0. The van der Waals surface area contributed by atoms with Crippen molar-refractivity contribution >= 4 is 24.7 Å². The Morgan fingerprint density at radius 3 is 2.24 bits per heavy atom. The van der Waals surface area contributed by atoms with Crippen LogP contribution in [0.2, 0.25) is 0 Å². The van der Waals surface area contributed by atoms with E-state index in [4.69, 9.17) is 24.8 Å². The van der Waals surface area contributed by atoms with E-state index in [-0.39, 0.29) is 24.9 Å². The lowest BCUT2D eigenvalue weighted by Gasteiger charge is -2.35. The maximum Gasteiger partial charge on any atom is 0.290 e. The third kappa shape index (κ3) is 8.29. The van der Waals surface area contributed by atoms with Gasteiger partial charge >= 0.3 is 0 Å². The fraction of sp³-hybridized carbons (Fsp3) is 0.652. The average Bonchev–Trinajstić information content (AvgIpc) is 3.19. The van der Waals surface area contributed by atoms with E-state index in [0.29, 0.717) is 11.8 Å². The first-order valence-electron chi connectivity index (χ1n) is 11.4. The molecule has 0 aromatic carbocycles. The molecule has 4 rings (SSSR count). The number of amides is 1. The molecular weight excluding hydrogens is 428 g/mol. The van der Waals surface area contributed by atoms with Crippen molar-refractivity contribution in [3.05, 3.63) is 23.9 Å². The topological polar surface area (TPSA) is 143 Å². The molecule has 3 fully saturated rings. The van der Waals surface area contributed by atoms with Crippen LogP contribution < -0.4 is 10.2 Å². The van der Waals surface area contributed by atoms with Gasteiger partial charge in [-0.05, 0) is 62.2 Å². The molecule has 2 saturated heterocycles. The predicted octanol–water partition coefficient (Wildman–Crippen LogP) is 1.18. The van der Waals surface area contributed by atoms with Crippen LogP contribution in [0.4, 0.5) is 5.82 Å². The van der Waals surface area contributed by atoms with Crippen LogP contribution in [-0.2, 0) is 20.9 Å². The van der Waals surface area contributed by atoms with Crippen molar-refractivity contribution in [1.82, 2.24) is 15.2 Å². The van der Waals surface area contributed by atoms with E-state index in [1.165, 1.54) is 44.8 Å². The SMILES string of the molecule is CC(=O)N[C@@H]1C[C@@H]2CN(c3ccc(CN4CCCCC4)cn3)C[C@@H]2C[C@H]1O.O=CO.O=CO. The average molecular weight is 465 g/mol. The Labute approximate surface area is 194 Å². The molecule has 2 aliphatic heterocycles. The van der Waals surface area contributed by atoms with E-state index in [9.17, 15) is 9.90 Å². The second kappa shape index (κ2) is 13.7. The Morgan fingerprint density at radius 2 is 1.70 bits per heavy atom. The largest absolute Gasteiger partial charge is 0.483 e. The molecule has 3 aliphatic rings. The van der Waals surface area contributed by atoms with Crippen LogP contribution in [0.3, 0.4) is 0 Å². The van der Waals surface area contributed by atoms with Crippen molar-refractivity contribution < 1.29 is 29.7 Å². The van der Waals surface area contributed by atoms with Crippen LogP contribution in [-0.4, -0.2) is 82.4 Å². The minimum Gasteiger partial charge on any atom is -0.483 e. The number of nitrogens with one attached hydrogen (secondary N) is 1. The summed E-state index contributed by atoms with van der Waals surface area (Å²) in [6, 6.07) is 4.26. The van der Waals surface area contributed by atoms with Gasteiger partial charge in [0.1, 0.15) is 5.82 Å². The molecule has 1 aromatic heterocycles. The molecule has 1 aliphatic carbocycles. The van der Waals surface area contributed by atoms with Gasteiger partial charge in [-0.1, -0.05) is 12.5 Å². The lowest BCUT2D eigenvalue weighted by Crippen LogP contribution is -2.48. The predicted molar refractivity (Wildman–Crippen MR) is 123 cm³/mol. The standard InChI is InChI=1S/C21H32N4O2.2CH2O2/c1-15(26)23-19-9-17-13-25(14-18(17)10-20(19)27)21-6-5-16(11-22-21)12-24-7-3-2-4-8-24;2*2-1-3/h5-6,11,17-20,27H,2-4,7-10,12-14H2,1H3,(H,23,26);2*1H,(H,2,3)/t17-,18+,19-,20-;;/m1../s1. The van der Waals surface area contributed by atoms with Crippen molar-refractivity contribution in [1.29, 1.82) is 0 Å². The molecule has 0 radical (unpaired) electrons. The van der Waals surface area contributed by atoms with E-state index < -0.39 is 6.10 Å². The molecule has 1 aromatic rings. The van der Waals surface area contributed by atoms with Gasteiger partial charge in [0.2, 0.25) is 5.91 Å². The number of aliphatic hydroxyl groups is 1. The monoisotopic (exact) mass is 464 g/mol. The van der Waals surface area contributed by atoms with Gasteiger partial charge in [-0.3, -0.25) is 19.3 Å². The van der Waals surface area contributed by atoms with Crippen LogP contribution in [0.5, 0.6) is 0 Å². The molecule has 4 atom stereocenters. The van der Waals surface area contributed by atoms with Gasteiger partial charge in [-0.25, -0.2) is 4.98 Å². The number of carbonyl (C=O) groups excluding carboxylic acids is 1. The van der Waals surface area contributed by atoms with E-state index in [2.05, 4.69) is 27.2 Å². The zero-order valence-corrected chi connectivity index (χ0v) is 19.2. The number of nitrogens with zero attached hydrogens (tertiary/aromatic N) is 3. The molecule has 1 amide bonds. The number of piperidine rings is 1. The second-order valence-electron chi connectivity index (χ2n) is 8.84. The van der Waals surface area contributed by atoms with Gasteiger partial charge in [-0.15, -0.1) is 0 Å². The van der Waals surface area contributed by atoms with Crippen LogP contribution in [0.1, 0.15) is 44.6 Å². The highest BCUT2D eigenvalue weighted by atomic mass is 16.3. The van der Waals surface area contributed by atoms with Crippen molar-refractivity contribution in [2.75, 3.05) is 31.1 Å². The molecule has 3 heterocycles. The van der Waals surface area contributed by atoms with Gasteiger partial charge < -0.3 is 25.5 Å². The third-order valence-electron chi connectivity index (χ3n) is 6.52. The van der Waals surface area contributed by atoms with Gasteiger partial charge in [0.15, 0.2) is 0 Å². The normalized spacial score (nSPS) is 26.5. The number of rotatable bonds is 4. The summed E-state index contributed by atoms with van der Waals surface area (Å²) in [5.41, 5.74) is 1.29. The fourth-order valence-corrected chi connectivity index (χ4v) is 5.11. The Kier molecular flexibility index (Phi) is 11.0. The summed E-state index contributed by atoms with van der Waals surface area (Å²) in [6.07, 6.45) is 7.20. The number of likely N-dealkylation sites (tertiary alicyclic amines) is 1. The molecule has 0 bridgehead atoms. The lowest BCUT2D eigenvalue weighted by molar-refractivity contribution is -0.123. The summed E-state index contributed by atoms with van der Waals surface area (Å²) in [6.45, 7) is 6.35. The summed E-state index contributed by atoms with van der Waals surface area (Å²) in [5.74, 6) is 1.98. The number of aliphatic hydroxyl groups excluding tert-OH is 1. The third-order valence-corrected chi connectivity index (χ3v) is 6.52. The minimum absolute atomic E-state index is 0.0571. The first kappa shape index (κ1) is 26.5. The lowest BCUT2D eigenvalue weighted by atomic mass is 9.77. The number of carbonyl (C=O) groups is 3. The molecule has 10 heteroatoms. The van der Waals surface area contributed by atoms with Gasteiger partial charge in [-0.2, -0.15) is 0 Å². The number of pyridine rings is 1. The van der Waals surface area contributed by atoms with Crippen molar-refractivity contribution in [3.8, 4) is 0 Å². The number of hydrogen-bond donors (Lipinski definition) is 4. The highest BCUT2D eigenvalue weighted by Crippen LogP contribution is 2.38. The Balaban J connectivity index is 0.000000582. The Hall–Kier alpha value is -2.72. The van der Waals surface area contributed by atoms with Gasteiger partial charge in [0, 0.05) is 32.8 Å². The summed E-state index contributed by atoms with van der Waals surface area (Å²) < 4.78 is 0. The van der Waals surface area contributed by atoms with E-state index >= 15 is 0 Å². The zero-order valence-electron chi connectivity index (χ0n) is 19.2. The van der Waals surface area contributed by atoms with E-state index in [1.807, 2.05) is 6.20 Å². The number of aromatic nitrogens is 1. The number of hydrogen-bond acceptors (Lipinski definition) is 7. The molecule has 0 unspecified atom stereocenters. The Morgan fingerprint density at radius 1 is 1.09 bits per heavy atom. The van der Waals surface area contributed by atoms with Crippen LogP contribution in [0, 0.1) is 11.8 Å².